The monoisotopic (exact) mass is 294 g/mol. The van der Waals surface area contributed by atoms with E-state index in [4.69, 9.17) is 9.72 Å². The van der Waals surface area contributed by atoms with Gasteiger partial charge in [0.1, 0.15) is 0 Å². The average molecular weight is 294 g/mol. The van der Waals surface area contributed by atoms with E-state index in [2.05, 4.69) is 24.0 Å². The third-order valence-electron chi connectivity index (χ3n) is 3.75. The summed E-state index contributed by atoms with van der Waals surface area (Å²) in [4.78, 5) is 8.94. The summed E-state index contributed by atoms with van der Waals surface area (Å²) in [6.45, 7) is 2.20. The Hall–Kier alpha value is -2.46. The summed E-state index contributed by atoms with van der Waals surface area (Å²) in [6.07, 6.45) is 2.32. The van der Waals surface area contributed by atoms with Crippen LogP contribution in [0.5, 0.6) is 5.88 Å². The molecular formula is C18H18N2O2. The number of aliphatic hydroxyl groups excluding tert-OH is 1. The van der Waals surface area contributed by atoms with Crippen LogP contribution in [0.25, 0.3) is 22.2 Å². The standard InChI is InChI=1S/C18H18N2O2/c1-12-10-16(14-6-8-19-17(11-14)22-2)20-18-13(7-9-21)4-3-5-15(12)18/h3-6,8,10-11,21H,7,9H2,1-2H3. The lowest BCUT2D eigenvalue weighted by Gasteiger charge is -2.10. The molecule has 2 heterocycles. The Labute approximate surface area is 129 Å². The number of aliphatic hydroxyl groups is 1. The Kier molecular flexibility index (Phi) is 4.02. The van der Waals surface area contributed by atoms with E-state index >= 15 is 0 Å². The summed E-state index contributed by atoms with van der Waals surface area (Å²) in [5.74, 6) is 0.570. The van der Waals surface area contributed by atoms with Crippen LogP contribution >= 0.6 is 0 Å². The van der Waals surface area contributed by atoms with Gasteiger partial charge in [-0.2, -0.15) is 0 Å². The Morgan fingerprint density at radius 2 is 2.05 bits per heavy atom. The van der Waals surface area contributed by atoms with Gasteiger partial charge in [0.05, 0.1) is 18.3 Å². The fourth-order valence-electron chi connectivity index (χ4n) is 2.63. The zero-order chi connectivity index (χ0) is 15.5. The van der Waals surface area contributed by atoms with Gasteiger partial charge in [0.25, 0.3) is 0 Å². The first-order valence-corrected chi connectivity index (χ1v) is 7.23. The molecule has 0 fully saturated rings. The number of hydrogen-bond acceptors (Lipinski definition) is 4. The highest BCUT2D eigenvalue weighted by Crippen LogP contribution is 2.27. The first-order chi connectivity index (χ1) is 10.7. The van der Waals surface area contributed by atoms with Crippen molar-refractivity contribution < 1.29 is 9.84 Å². The summed E-state index contributed by atoms with van der Waals surface area (Å²) in [7, 11) is 1.60. The van der Waals surface area contributed by atoms with Crippen molar-refractivity contribution in [3.05, 3.63) is 53.7 Å². The second kappa shape index (κ2) is 6.12. The van der Waals surface area contributed by atoms with Crippen molar-refractivity contribution in [3.63, 3.8) is 0 Å². The Morgan fingerprint density at radius 3 is 2.82 bits per heavy atom. The van der Waals surface area contributed by atoms with Crippen LogP contribution in [-0.2, 0) is 6.42 Å². The lowest BCUT2D eigenvalue weighted by Crippen LogP contribution is -1.97. The number of nitrogens with zero attached hydrogens (tertiary/aromatic N) is 2. The number of rotatable bonds is 4. The number of benzene rings is 1. The van der Waals surface area contributed by atoms with Crippen LogP contribution in [0.1, 0.15) is 11.1 Å². The first kappa shape index (κ1) is 14.5. The van der Waals surface area contributed by atoms with E-state index < -0.39 is 0 Å². The van der Waals surface area contributed by atoms with E-state index in [1.807, 2.05) is 24.3 Å². The van der Waals surface area contributed by atoms with Gasteiger partial charge in [0.2, 0.25) is 5.88 Å². The normalized spacial score (nSPS) is 10.9. The third-order valence-corrected chi connectivity index (χ3v) is 3.75. The van der Waals surface area contributed by atoms with Gasteiger partial charge >= 0.3 is 0 Å². The molecule has 0 aliphatic rings. The van der Waals surface area contributed by atoms with Gasteiger partial charge in [-0.25, -0.2) is 9.97 Å². The van der Waals surface area contributed by atoms with Gasteiger partial charge < -0.3 is 9.84 Å². The number of ether oxygens (including phenoxy) is 1. The topological polar surface area (TPSA) is 55.2 Å². The van der Waals surface area contributed by atoms with Crippen molar-refractivity contribution in [2.45, 2.75) is 13.3 Å². The number of pyridine rings is 2. The maximum Gasteiger partial charge on any atom is 0.213 e. The molecule has 3 aromatic rings. The molecule has 0 radical (unpaired) electrons. The maximum absolute atomic E-state index is 9.25. The van der Waals surface area contributed by atoms with Crippen molar-refractivity contribution in [3.8, 4) is 17.1 Å². The summed E-state index contributed by atoms with van der Waals surface area (Å²) in [5, 5.41) is 10.4. The lowest BCUT2D eigenvalue weighted by molar-refractivity contribution is 0.300. The number of methoxy groups -OCH3 is 1. The van der Waals surface area contributed by atoms with Crippen LogP contribution in [0, 0.1) is 6.92 Å². The number of para-hydroxylation sites is 1. The number of aromatic nitrogens is 2. The highest BCUT2D eigenvalue weighted by Gasteiger charge is 2.09. The predicted molar refractivity (Wildman–Crippen MR) is 87.1 cm³/mol. The minimum atomic E-state index is 0.118. The molecule has 4 heteroatoms. The van der Waals surface area contributed by atoms with Gasteiger partial charge in [-0.1, -0.05) is 18.2 Å². The van der Waals surface area contributed by atoms with E-state index in [9.17, 15) is 5.11 Å². The molecule has 0 aliphatic carbocycles. The molecule has 1 aromatic carbocycles. The second-order valence-corrected chi connectivity index (χ2v) is 5.20. The molecule has 0 saturated carbocycles. The zero-order valence-electron chi connectivity index (χ0n) is 12.7. The second-order valence-electron chi connectivity index (χ2n) is 5.20. The van der Waals surface area contributed by atoms with Gasteiger partial charge in [-0.15, -0.1) is 0 Å². The summed E-state index contributed by atoms with van der Waals surface area (Å²) >= 11 is 0. The lowest BCUT2D eigenvalue weighted by atomic mass is 10.0. The van der Waals surface area contributed by atoms with Crippen molar-refractivity contribution in [2.24, 2.45) is 0 Å². The van der Waals surface area contributed by atoms with Crippen LogP contribution in [-0.4, -0.2) is 28.8 Å². The molecule has 0 aliphatic heterocycles. The molecule has 0 spiro atoms. The molecule has 3 rings (SSSR count). The highest BCUT2D eigenvalue weighted by molar-refractivity contribution is 5.87. The molecule has 0 unspecified atom stereocenters. The predicted octanol–water partition coefficient (Wildman–Crippen LogP) is 3.15. The van der Waals surface area contributed by atoms with Crippen LogP contribution < -0.4 is 4.74 Å². The molecule has 0 saturated heterocycles. The van der Waals surface area contributed by atoms with E-state index in [0.717, 1.165) is 33.3 Å². The van der Waals surface area contributed by atoms with E-state index in [1.165, 1.54) is 0 Å². The van der Waals surface area contributed by atoms with E-state index in [-0.39, 0.29) is 6.61 Å². The van der Waals surface area contributed by atoms with Gasteiger partial charge in [0, 0.05) is 29.8 Å². The molecule has 0 bridgehead atoms. The third kappa shape index (κ3) is 2.65. The molecule has 22 heavy (non-hydrogen) atoms. The quantitative estimate of drug-likeness (QED) is 0.803. The van der Waals surface area contributed by atoms with E-state index in [0.29, 0.717) is 12.3 Å². The molecule has 1 N–H and O–H groups in total. The summed E-state index contributed by atoms with van der Waals surface area (Å²) in [6, 6.07) is 12.0. The molecule has 4 nitrogen and oxygen atoms in total. The number of hydrogen-bond donors (Lipinski definition) is 1. The Balaban J connectivity index is 2.20. The van der Waals surface area contributed by atoms with E-state index in [1.54, 1.807) is 13.3 Å². The Bertz CT molecular complexity index is 815. The smallest absolute Gasteiger partial charge is 0.213 e. The van der Waals surface area contributed by atoms with Crippen LogP contribution in [0.2, 0.25) is 0 Å². The molecular weight excluding hydrogens is 276 g/mol. The van der Waals surface area contributed by atoms with Crippen LogP contribution in [0.4, 0.5) is 0 Å². The van der Waals surface area contributed by atoms with Crippen molar-refractivity contribution >= 4 is 10.9 Å². The first-order valence-electron chi connectivity index (χ1n) is 7.23. The van der Waals surface area contributed by atoms with Gasteiger partial charge in [-0.3, -0.25) is 0 Å². The zero-order valence-corrected chi connectivity index (χ0v) is 12.7. The highest BCUT2D eigenvalue weighted by atomic mass is 16.5. The van der Waals surface area contributed by atoms with Gasteiger partial charge in [0.15, 0.2) is 0 Å². The Morgan fingerprint density at radius 1 is 1.18 bits per heavy atom. The van der Waals surface area contributed by atoms with Crippen molar-refractivity contribution in [1.29, 1.82) is 0 Å². The van der Waals surface area contributed by atoms with Gasteiger partial charge in [-0.05, 0) is 36.6 Å². The van der Waals surface area contributed by atoms with Crippen LogP contribution in [0.15, 0.2) is 42.6 Å². The van der Waals surface area contributed by atoms with Crippen molar-refractivity contribution in [1.82, 2.24) is 9.97 Å². The maximum atomic E-state index is 9.25. The number of fused-ring (bicyclic) bond motifs is 1. The molecule has 2 aromatic heterocycles. The SMILES string of the molecule is COc1cc(-c2cc(C)c3cccc(CCO)c3n2)ccn1. The average Bonchev–Trinajstić information content (AvgIpc) is 2.56. The van der Waals surface area contributed by atoms with Crippen LogP contribution in [0.3, 0.4) is 0 Å². The largest absolute Gasteiger partial charge is 0.481 e. The minimum absolute atomic E-state index is 0.118. The fraction of sp³-hybridized carbons (Fsp3) is 0.222. The minimum Gasteiger partial charge on any atom is -0.481 e. The van der Waals surface area contributed by atoms with Crippen molar-refractivity contribution in [2.75, 3.05) is 13.7 Å². The molecule has 112 valence electrons. The summed E-state index contributed by atoms with van der Waals surface area (Å²) in [5.41, 5.74) is 5.02. The summed E-state index contributed by atoms with van der Waals surface area (Å²) < 4.78 is 5.18. The molecule has 0 atom stereocenters. The number of aryl methyl sites for hydroxylation is 1. The fourth-order valence-corrected chi connectivity index (χ4v) is 2.63. The molecule has 0 amide bonds.